The number of aliphatic hydroxyl groups is 1. The van der Waals surface area contributed by atoms with Crippen molar-refractivity contribution in [2.45, 2.75) is 26.0 Å². The summed E-state index contributed by atoms with van der Waals surface area (Å²) >= 11 is 0. The molecule has 2 unspecified atom stereocenters. The van der Waals surface area contributed by atoms with Crippen LogP contribution in [0.3, 0.4) is 0 Å². The van der Waals surface area contributed by atoms with Crippen molar-refractivity contribution in [2.75, 3.05) is 5.73 Å². The Morgan fingerprint density at radius 3 is 2.54 bits per heavy atom. The molecule has 0 saturated heterocycles. The van der Waals surface area contributed by atoms with Crippen LogP contribution in [0.5, 0.6) is 0 Å². The van der Waals surface area contributed by atoms with E-state index in [2.05, 4.69) is 0 Å². The van der Waals surface area contributed by atoms with Crippen LogP contribution in [-0.2, 0) is 0 Å². The number of anilines is 1. The first kappa shape index (κ1) is 10.0. The number of nitrogen functional groups attached to an aromatic ring is 1. The molecule has 0 aliphatic rings. The standard InChI is InChI=1S/C10H16N2O/c1-6-3-4-8(11)5-9(6)10(12)7(2)13/h3-5,7,10,13H,11-12H2,1-2H3. The van der Waals surface area contributed by atoms with E-state index in [1.807, 2.05) is 25.1 Å². The minimum atomic E-state index is -0.555. The largest absolute Gasteiger partial charge is 0.399 e. The molecule has 0 aromatic heterocycles. The lowest BCUT2D eigenvalue weighted by Gasteiger charge is -2.17. The van der Waals surface area contributed by atoms with Gasteiger partial charge in [-0.15, -0.1) is 0 Å². The lowest BCUT2D eigenvalue weighted by molar-refractivity contribution is 0.164. The first-order valence-electron chi connectivity index (χ1n) is 4.32. The second kappa shape index (κ2) is 3.77. The highest BCUT2D eigenvalue weighted by Gasteiger charge is 2.13. The third kappa shape index (κ3) is 2.20. The molecule has 0 radical (unpaired) electrons. The van der Waals surface area contributed by atoms with Crippen molar-refractivity contribution in [3.8, 4) is 0 Å². The van der Waals surface area contributed by atoms with Gasteiger partial charge in [0.25, 0.3) is 0 Å². The van der Waals surface area contributed by atoms with E-state index in [0.29, 0.717) is 5.69 Å². The quantitative estimate of drug-likeness (QED) is 0.593. The zero-order chi connectivity index (χ0) is 10.0. The van der Waals surface area contributed by atoms with Crippen LogP contribution in [0.1, 0.15) is 24.1 Å². The van der Waals surface area contributed by atoms with Gasteiger partial charge in [-0.2, -0.15) is 0 Å². The molecule has 0 fully saturated rings. The molecule has 0 saturated carbocycles. The Kier molecular flexibility index (Phi) is 2.90. The molecular formula is C10H16N2O. The summed E-state index contributed by atoms with van der Waals surface area (Å²) in [5.41, 5.74) is 14.1. The molecule has 1 rings (SSSR count). The molecule has 72 valence electrons. The maximum Gasteiger partial charge on any atom is 0.0704 e. The molecule has 13 heavy (non-hydrogen) atoms. The minimum Gasteiger partial charge on any atom is -0.399 e. The summed E-state index contributed by atoms with van der Waals surface area (Å²) < 4.78 is 0. The van der Waals surface area contributed by atoms with Crippen molar-refractivity contribution in [3.63, 3.8) is 0 Å². The van der Waals surface area contributed by atoms with E-state index in [1.165, 1.54) is 0 Å². The van der Waals surface area contributed by atoms with Crippen LogP contribution in [0.2, 0.25) is 0 Å². The molecule has 1 aromatic carbocycles. The van der Waals surface area contributed by atoms with Crippen molar-refractivity contribution in [2.24, 2.45) is 5.73 Å². The molecular weight excluding hydrogens is 164 g/mol. The molecule has 1 aromatic rings. The predicted molar refractivity (Wildman–Crippen MR) is 54.2 cm³/mol. The van der Waals surface area contributed by atoms with E-state index in [4.69, 9.17) is 11.5 Å². The maximum atomic E-state index is 9.32. The molecule has 0 amide bonds. The van der Waals surface area contributed by atoms with Crippen molar-refractivity contribution in [3.05, 3.63) is 29.3 Å². The van der Waals surface area contributed by atoms with Crippen LogP contribution >= 0.6 is 0 Å². The van der Waals surface area contributed by atoms with E-state index in [0.717, 1.165) is 11.1 Å². The highest BCUT2D eigenvalue weighted by Crippen LogP contribution is 2.20. The summed E-state index contributed by atoms with van der Waals surface area (Å²) in [7, 11) is 0. The van der Waals surface area contributed by atoms with Gasteiger partial charge in [-0.1, -0.05) is 6.07 Å². The Bertz CT molecular complexity index is 297. The molecule has 0 aliphatic heterocycles. The number of rotatable bonds is 2. The second-order valence-electron chi connectivity index (χ2n) is 3.38. The van der Waals surface area contributed by atoms with Crippen molar-refractivity contribution >= 4 is 5.69 Å². The molecule has 0 aliphatic carbocycles. The van der Waals surface area contributed by atoms with Gasteiger partial charge in [-0.05, 0) is 37.1 Å². The van der Waals surface area contributed by atoms with Crippen molar-refractivity contribution in [1.82, 2.24) is 0 Å². The zero-order valence-corrected chi connectivity index (χ0v) is 7.99. The van der Waals surface area contributed by atoms with Crippen molar-refractivity contribution in [1.29, 1.82) is 0 Å². The first-order valence-corrected chi connectivity index (χ1v) is 4.32. The van der Waals surface area contributed by atoms with Crippen molar-refractivity contribution < 1.29 is 5.11 Å². The summed E-state index contributed by atoms with van der Waals surface area (Å²) in [6.45, 7) is 3.63. The summed E-state index contributed by atoms with van der Waals surface area (Å²) in [4.78, 5) is 0. The minimum absolute atomic E-state index is 0.358. The lowest BCUT2D eigenvalue weighted by Crippen LogP contribution is -2.24. The molecule has 3 heteroatoms. The van der Waals surface area contributed by atoms with Gasteiger partial charge in [0.15, 0.2) is 0 Å². The van der Waals surface area contributed by atoms with E-state index in [-0.39, 0.29) is 6.04 Å². The monoisotopic (exact) mass is 180 g/mol. The number of hydrogen-bond acceptors (Lipinski definition) is 3. The summed E-state index contributed by atoms with van der Waals surface area (Å²) in [5.74, 6) is 0. The normalized spacial score (nSPS) is 15.4. The highest BCUT2D eigenvalue weighted by atomic mass is 16.3. The van der Waals surface area contributed by atoms with Gasteiger partial charge in [0.2, 0.25) is 0 Å². The fraction of sp³-hybridized carbons (Fsp3) is 0.400. The van der Waals surface area contributed by atoms with Gasteiger partial charge in [0.05, 0.1) is 12.1 Å². The van der Waals surface area contributed by atoms with Gasteiger partial charge < -0.3 is 16.6 Å². The zero-order valence-electron chi connectivity index (χ0n) is 7.99. The lowest BCUT2D eigenvalue weighted by atomic mass is 9.98. The van der Waals surface area contributed by atoms with Crippen LogP contribution in [0, 0.1) is 6.92 Å². The molecule has 0 spiro atoms. The molecule has 5 N–H and O–H groups in total. The van der Waals surface area contributed by atoms with E-state index in [1.54, 1.807) is 6.92 Å². The maximum absolute atomic E-state index is 9.32. The van der Waals surface area contributed by atoms with Gasteiger partial charge >= 0.3 is 0 Å². The number of hydrogen-bond donors (Lipinski definition) is 3. The van der Waals surface area contributed by atoms with E-state index < -0.39 is 6.10 Å². The second-order valence-corrected chi connectivity index (χ2v) is 3.38. The fourth-order valence-electron chi connectivity index (χ4n) is 1.28. The third-order valence-electron chi connectivity index (χ3n) is 2.18. The van der Waals surface area contributed by atoms with Crippen LogP contribution in [0.4, 0.5) is 5.69 Å². The number of nitrogens with two attached hydrogens (primary N) is 2. The SMILES string of the molecule is Cc1ccc(N)cc1C(N)C(C)O. The Morgan fingerprint density at radius 2 is 2.00 bits per heavy atom. The first-order chi connectivity index (χ1) is 6.02. The molecule has 0 bridgehead atoms. The Hall–Kier alpha value is -1.06. The van der Waals surface area contributed by atoms with Gasteiger partial charge in [-0.3, -0.25) is 0 Å². The Morgan fingerprint density at radius 1 is 1.38 bits per heavy atom. The van der Waals surface area contributed by atoms with Crippen LogP contribution < -0.4 is 11.5 Å². The summed E-state index contributed by atoms with van der Waals surface area (Å²) in [6.07, 6.45) is -0.555. The Balaban J connectivity index is 3.05. The average Bonchev–Trinajstić information content (AvgIpc) is 2.08. The van der Waals surface area contributed by atoms with Crippen LogP contribution in [-0.4, -0.2) is 11.2 Å². The van der Waals surface area contributed by atoms with Gasteiger partial charge in [-0.25, -0.2) is 0 Å². The number of benzene rings is 1. The van der Waals surface area contributed by atoms with E-state index in [9.17, 15) is 5.11 Å². The smallest absolute Gasteiger partial charge is 0.0704 e. The van der Waals surface area contributed by atoms with E-state index >= 15 is 0 Å². The molecule has 3 nitrogen and oxygen atoms in total. The van der Waals surface area contributed by atoms with Gasteiger partial charge in [0, 0.05) is 5.69 Å². The topological polar surface area (TPSA) is 72.3 Å². The third-order valence-corrected chi connectivity index (χ3v) is 2.18. The number of aryl methyl sites for hydroxylation is 1. The average molecular weight is 180 g/mol. The number of aliphatic hydroxyl groups excluding tert-OH is 1. The summed E-state index contributed by atoms with van der Waals surface area (Å²) in [5, 5.41) is 9.32. The van der Waals surface area contributed by atoms with Crippen LogP contribution in [0.25, 0.3) is 0 Å². The highest BCUT2D eigenvalue weighted by molar-refractivity contribution is 5.45. The molecule has 2 atom stereocenters. The van der Waals surface area contributed by atoms with Gasteiger partial charge in [0.1, 0.15) is 0 Å². The molecule has 0 heterocycles. The Labute approximate surface area is 78.4 Å². The fourth-order valence-corrected chi connectivity index (χ4v) is 1.28. The van der Waals surface area contributed by atoms with Crippen LogP contribution in [0.15, 0.2) is 18.2 Å². The predicted octanol–water partition coefficient (Wildman–Crippen LogP) is 0.958. The summed E-state index contributed by atoms with van der Waals surface area (Å²) in [6, 6.07) is 5.19.